The van der Waals surface area contributed by atoms with Crippen LogP contribution in [0.4, 0.5) is 5.82 Å². The van der Waals surface area contributed by atoms with Crippen molar-refractivity contribution in [3.05, 3.63) is 47.5 Å². The average Bonchev–Trinajstić information content (AvgIpc) is 3.14. The van der Waals surface area contributed by atoms with Crippen LogP contribution in [0.2, 0.25) is 0 Å². The zero-order chi connectivity index (χ0) is 18.0. The molecule has 1 amide bonds. The molecule has 7 nitrogen and oxygen atoms in total. The number of nitrogens with one attached hydrogen (secondary N) is 1. The Balaban J connectivity index is 1.76. The summed E-state index contributed by atoms with van der Waals surface area (Å²) >= 11 is 1.34. The molecule has 0 aliphatic rings. The van der Waals surface area contributed by atoms with Crippen molar-refractivity contribution in [1.29, 1.82) is 0 Å². The zero-order valence-electron chi connectivity index (χ0n) is 14.5. The molecule has 0 aliphatic carbocycles. The van der Waals surface area contributed by atoms with Gasteiger partial charge in [0.1, 0.15) is 11.6 Å². The van der Waals surface area contributed by atoms with Gasteiger partial charge in [-0.05, 0) is 39.8 Å². The van der Waals surface area contributed by atoms with Gasteiger partial charge in [0.05, 0.1) is 5.25 Å². The van der Waals surface area contributed by atoms with Gasteiger partial charge in [-0.1, -0.05) is 34.6 Å². The minimum absolute atomic E-state index is 0.172. The summed E-state index contributed by atoms with van der Waals surface area (Å²) in [5.74, 6) is 1.65. The molecule has 3 aromatic rings. The fourth-order valence-corrected chi connectivity index (χ4v) is 3.19. The number of nitrogens with zero attached hydrogens (tertiary/aromatic N) is 4. The van der Waals surface area contributed by atoms with Gasteiger partial charge in [0.2, 0.25) is 5.91 Å². The lowest BCUT2D eigenvalue weighted by atomic mass is 10.2. The molecule has 2 heterocycles. The zero-order valence-corrected chi connectivity index (χ0v) is 15.3. The van der Waals surface area contributed by atoms with Crippen molar-refractivity contribution in [3.8, 4) is 5.69 Å². The number of aromatic nitrogens is 4. The summed E-state index contributed by atoms with van der Waals surface area (Å²) in [4.78, 5) is 12.4. The van der Waals surface area contributed by atoms with Crippen molar-refractivity contribution in [2.45, 2.75) is 38.1 Å². The van der Waals surface area contributed by atoms with Gasteiger partial charge in [-0.15, -0.1) is 10.2 Å². The van der Waals surface area contributed by atoms with E-state index in [1.165, 1.54) is 17.3 Å². The summed E-state index contributed by atoms with van der Waals surface area (Å²) in [5.41, 5.74) is 2.15. The van der Waals surface area contributed by atoms with E-state index in [0.717, 1.165) is 11.5 Å². The Hall–Kier alpha value is -2.61. The Morgan fingerprint density at radius 1 is 1.20 bits per heavy atom. The number of thioether (sulfide) groups is 1. The standard InChI is InChI=1S/C17H19N5O2S/c1-10-5-7-14(8-6-10)22-13(4)19-20-17(22)25-12(3)16(23)18-15-9-11(2)24-21-15/h5-9,12H,1-4H3,(H,18,21,23)/t12-/m0/s1. The number of benzene rings is 1. The van der Waals surface area contributed by atoms with E-state index in [2.05, 4.69) is 20.7 Å². The van der Waals surface area contributed by atoms with E-state index in [1.807, 2.05) is 49.6 Å². The molecule has 130 valence electrons. The number of amides is 1. The van der Waals surface area contributed by atoms with Gasteiger partial charge in [0.15, 0.2) is 11.0 Å². The van der Waals surface area contributed by atoms with Gasteiger partial charge in [-0.2, -0.15) is 0 Å². The number of carbonyl (C=O) groups excluding carboxylic acids is 1. The third-order valence-corrected chi connectivity index (χ3v) is 4.66. The van der Waals surface area contributed by atoms with E-state index in [9.17, 15) is 4.79 Å². The van der Waals surface area contributed by atoms with Crippen LogP contribution < -0.4 is 5.32 Å². The van der Waals surface area contributed by atoms with E-state index in [0.29, 0.717) is 16.7 Å². The molecule has 0 unspecified atom stereocenters. The second-order valence-corrected chi connectivity index (χ2v) is 7.08. The number of anilines is 1. The van der Waals surface area contributed by atoms with Crippen LogP contribution >= 0.6 is 11.8 Å². The summed E-state index contributed by atoms with van der Waals surface area (Å²) in [7, 11) is 0. The van der Waals surface area contributed by atoms with Gasteiger partial charge in [0, 0.05) is 11.8 Å². The van der Waals surface area contributed by atoms with Crippen molar-refractivity contribution < 1.29 is 9.32 Å². The van der Waals surface area contributed by atoms with Gasteiger partial charge in [-0.3, -0.25) is 9.36 Å². The second-order valence-electron chi connectivity index (χ2n) is 5.77. The maximum atomic E-state index is 12.4. The average molecular weight is 357 g/mol. The molecule has 1 aromatic carbocycles. The van der Waals surface area contributed by atoms with Gasteiger partial charge in [0.25, 0.3) is 0 Å². The number of hydrogen-bond donors (Lipinski definition) is 1. The minimum Gasteiger partial charge on any atom is -0.360 e. The van der Waals surface area contributed by atoms with Crippen molar-refractivity contribution in [2.24, 2.45) is 0 Å². The van der Waals surface area contributed by atoms with Crippen LogP contribution in [0, 0.1) is 20.8 Å². The summed E-state index contributed by atoms with van der Waals surface area (Å²) in [6, 6.07) is 9.77. The van der Waals surface area contributed by atoms with E-state index in [1.54, 1.807) is 13.0 Å². The first-order valence-electron chi connectivity index (χ1n) is 7.84. The molecule has 0 radical (unpaired) electrons. The van der Waals surface area contributed by atoms with Crippen LogP contribution in [-0.2, 0) is 4.79 Å². The molecule has 25 heavy (non-hydrogen) atoms. The molecule has 0 spiro atoms. The van der Waals surface area contributed by atoms with Crippen molar-refractivity contribution in [3.63, 3.8) is 0 Å². The van der Waals surface area contributed by atoms with Crippen LogP contribution in [-0.4, -0.2) is 31.1 Å². The fourth-order valence-electron chi connectivity index (χ4n) is 2.28. The summed E-state index contributed by atoms with van der Waals surface area (Å²) in [6.45, 7) is 7.51. The van der Waals surface area contributed by atoms with E-state index in [4.69, 9.17) is 4.52 Å². The van der Waals surface area contributed by atoms with Gasteiger partial charge in [-0.25, -0.2) is 0 Å². The van der Waals surface area contributed by atoms with Crippen molar-refractivity contribution in [1.82, 2.24) is 19.9 Å². The first-order valence-corrected chi connectivity index (χ1v) is 8.72. The molecule has 0 fully saturated rings. The number of carbonyl (C=O) groups is 1. The second kappa shape index (κ2) is 7.10. The van der Waals surface area contributed by atoms with Crippen LogP contribution in [0.3, 0.4) is 0 Å². The third-order valence-electron chi connectivity index (χ3n) is 3.62. The molecular formula is C17H19N5O2S. The number of aryl methyl sites for hydroxylation is 3. The number of rotatable bonds is 5. The van der Waals surface area contributed by atoms with E-state index >= 15 is 0 Å². The predicted octanol–water partition coefficient (Wildman–Crippen LogP) is 3.30. The molecule has 8 heteroatoms. The largest absolute Gasteiger partial charge is 0.360 e. The molecule has 3 rings (SSSR count). The highest BCUT2D eigenvalue weighted by Gasteiger charge is 2.20. The van der Waals surface area contributed by atoms with Crippen LogP contribution in [0.15, 0.2) is 40.0 Å². The Kier molecular flexibility index (Phi) is 4.89. The fraction of sp³-hybridized carbons (Fsp3) is 0.294. The van der Waals surface area contributed by atoms with Crippen LogP contribution in [0.1, 0.15) is 24.1 Å². The lowest BCUT2D eigenvalue weighted by molar-refractivity contribution is -0.115. The lowest BCUT2D eigenvalue weighted by Crippen LogP contribution is -2.23. The topological polar surface area (TPSA) is 85.8 Å². The minimum atomic E-state index is -0.371. The molecule has 0 saturated carbocycles. The maximum absolute atomic E-state index is 12.4. The Morgan fingerprint density at radius 3 is 2.56 bits per heavy atom. The van der Waals surface area contributed by atoms with Crippen LogP contribution in [0.5, 0.6) is 0 Å². The van der Waals surface area contributed by atoms with E-state index < -0.39 is 0 Å². The maximum Gasteiger partial charge on any atom is 0.238 e. The highest BCUT2D eigenvalue weighted by molar-refractivity contribution is 8.00. The Bertz CT molecular complexity index is 885. The Morgan fingerprint density at radius 2 is 1.92 bits per heavy atom. The summed E-state index contributed by atoms with van der Waals surface area (Å²) < 4.78 is 6.89. The first-order chi connectivity index (χ1) is 11.9. The molecule has 1 atom stereocenters. The highest BCUT2D eigenvalue weighted by atomic mass is 32.2. The first kappa shape index (κ1) is 17.2. The van der Waals surface area contributed by atoms with Crippen LogP contribution in [0.25, 0.3) is 5.69 Å². The molecule has 1 N–H and O–H groups in total. The molecule has 0 aliphatic heterocycles. The van der Waals surface area contributed by atoms with Gasteiger partial charge >= 0.3 is 0 Å². The summed E-state index contributed by atoms with van der Waals surface area (Å²) in [6.07, 6.45) is 0. The molecular weight excluding hydrogens is 338 g/mol. The third kappa shape index (κ3) is 3.90. The predicted molar refractivity (Wildman–Crippen MR) is 96.0 cm³/mol. The van der Waals surface area contributed by atoms with E-state index in [-0.39, 0.29) is 11.2 Å². The molecule has 0 saturated heterocycles. The lowest BCUT2D eigenvalue weighted by Gasteiger charge is -2.12. The monoisotopic (exact) mass is 357 g/mol. The number of hydrogen-bond acceptors (Lipinski definition) is 6. The normalized spacial score (nSPS) is 12.2. The SMILES string of the molecule is Cc1ccc(-n2c(C)nnc2S[C@@H](C)C(=O)Nc2cc(C)on2)cc1. The van der Waals surface area contributed by atoms with Crippen molar-refractivity contribution in [2.75, 3.05) is 5.32 Å². The molecule has 0 bridgehead atoms. The van der Waals surface area contributed by atoms with Gasteiger partial charge < -0.3 is 9.84 Å². The summed E-state index contributed by atoms with van der Waals surface area (Å²) in [5, 5.41) is 15.2. The Labute approximate surface area is 149 Å². The molecule has 2 aromatic heterocycles. The highest BCUT2D eigenvalue weighted by Crippen LogP contribution is 2.26. The smallest absolute Gasteiger partial charge is 0.238 e. The quantitative estimate of drug-likeness (QED) is 0.705. The van der Waals surface area contributed by atoms with Crippen molar-refractivity contribution >= 4 is 23.5 Å².